The van der Waals surface area contributed by atoms with E-state index in [-0.39, 0.29) is 17.0 Å². The van der Waals surface area contributed by atoms with Gasteiger partial charge in [0.1, 0.15) is 5.82 Å². The molecule has 7 heteroatoms. The minimum absolute atomic E-state index is 0.0108. The van der Waals surface area contributed by atoms with E-state index in [0.29, 0.717) is 11.3 Å². The van der Waals surface area contributed by atoms with Crippen molar-refractivity contribution in [2.24, 2.45) is 0 Å². The van der Waals surface area contributed by atoms with E-state index >= 15 is 0 Å². The van der Waals surface area contributed by atoms with Crippen molar-refractivity contribution in [3.8, 4) is 0 Å². The predicted molar refractivity (Wildman–Crippen MR) is 115 cm³/mol. The zero-order valence-electron chi connectivity index (χ0n) is 17.0. The average molecular weight is 427 g/mol. The molecule has 0 aromatic heterocycles. The van der Waals surface area contributed by atoms with Crippen LogP contribution in [0.5, 0.6) is 0 Å². The lowest BCUT2D eigenvalue weighted by molar-refractivity contribution is 0.0783. The summed E-state index contributed by atoms with van der Waals surface area (Å²) < 4.78 is 41.2. The van der Waals surface area contributed by atoms with Gasteiger partial charge in [0.15, 0.2) is 0 Å². The molecular formula is C23H23FN2O3S. The average Bonchev–Trinajstić information content (AvgIpc) is 2.74. The Morgan fingerprint density at radius 3 is 2.33 bits per heavy atom. The molecule has 0 aliphatic heterocycles. The molecule has 3 aromatic rings. The second kappa shape index (κ2) is 8.67. The molecule has 0 fully saturated rings. The second-order valence-electron chi connectivity index (χ2n) is 7.09. The summed E-state index contributed by atoms with van der Waals surface area (Å²) >= 11 is 0. The number of carbonyl (C=O) groups excluding carboxylic acids is 1. The van der Waals surface area contributed by atoms with Crippen LogP contribution in [0.2, 0.25) is 0 Å². The molecule has 0 saturated heterocycles. The molecule has 0 saturated carbocycles. The van der Waals surface area contributed by atoms with Crippen molar-refractivity contribution >= 4 is 21.6 Å². The van der Waals surface area contributed by atoms with Crippen molar-refractivity contribution in [2.75, 3.05) is 18.4 Å². The van der Waals surface area contributed by atoms with Crippen LogP contribution in [0.3, 0.4) is 0 Å². The molecule has 30 heavy (non-hydrogen) atoms. The molecule has 0 radical (unpaired) electrons. The number of benzene rings is 3. The van der Waals surface area contributed by atoms with Gasteiger partial charge in [0.25, 0.3) is 15.9 Å². The van der Waals surface area contributed by atoms with Crippen molar-refractivity contribution in [3.63, 3.8) is 0 Å². The zero-order valence-corrected chi connectivity index (χ0v) is 17.9. The number of carbonyl (C=O) groups is 1. The normalized spacial score (nSPS) is 11.2. The standard InChI is InChI=1S/C23H23FN2O3S/c1-17-8-6-11-20(14-17)26(3)30(28,29)21-12-7-10-18(15-21)23(27)25(2)16-19-9-4-5-13-22(19)24/h4-15H,16H2,1-3H3. The van der Waals surface area contributed by atoms with E-state index in [1.54, 1.807) is 49.5 Å². The van der Waals surface area contributed by atoms with E-state index in [9.17, 15) is 17.6 Å². The number of amides is 1. The fourth-order valence-electron chi connectivity index (χ4n) is 3.08. The second-order valence-corrected chi connectivity index (χ2v) is 9.06. The van der Waals surface area contributed by atoms with Gasteiger partial charge in [0, 0.05) is 31.8 Å². The third kappa shape index (κ3) is 4.52. The number of sulfonamides is 1. The van der Waals surface area contributed by atoms with Gasteiger partial charge >= 0.3 is 0 Å². The van der Waals surface area contributed by atoms with Crippen LogP contribution in [-0.2, 0) is 16.6 Å². The predicted octanol–water partition coefficient (Wildman–Crippen LogP) is 4.23. The van der Waals surface area contributed by atoms with E-state index in [0.717, 1.165) is 5.56 Å². The molecule has 0 heterocycles. The molecule has 3 aromatic carbocycles. The van der Waals surface area contributed by atoms with E-state index in [1.165, 1.54) is 40.5 Å². The van der Waals surface area contributed by atoms with E-state index in [4.69, 9.17) is 0 Å². The Labute approximate surface area is 176 Å². The first-order valence-electron chi connectivity index (χ1n) is 9.34. The number of aryl methyl sites for hydroxylation is 1. The fourth-order valence-corrected chi connectivity index (χ4v) is 4.32. The number of anilines is 1. The highest BCUT2D eigenvalue weighted by Gasteiger charge is 2.23. The molecule has 0 unspecified atom stereocenters. The summed E-state index contributed by atoms with van der Waals surface area (Å²) in [6.07, 6.45) is 0. The number of rotatable bonds is 6. The summed E-state index contributed by atoms with van der Waals surface area (Å²) in [5.74, 6) is -0.790. The first kappa shape index (κ1) is 21.5. The maximum Gasteiger partial charge on any atom is 0.264 e. The smallest absolute Gasteiger partial charge is 0.264 e. The highest BCUT2D eigenvalue weighted by atomic mass is 32.2. The molecule has 5 nitrogen and oxygen atoms in total. The summed E-state index contributed by atoms with van der Waals surface area (Å²) in [5, 5.41) is 0. The number of halogens is 1. The van der Waals surface area contributed by atoms with Gasteiger partial charge in [0.2, 0.25) is 0 Å². The van der Waals surface area contributed by atoms with Crippen molar-refractivity contribution in [1.82, 2.24) is 4.90 Å². The van der Waals surface area contributed by atoms with Gasteiger partial charge in [-0.05, 0) is 48.9 Å². The maximum absolute atomic E-state index is 13.9. The van der Waals surface area contributed by atoms with Gasteiger partial charge in [-0.15, -0.1) is 0 Å². The first-order valence-corrected chi connectivity index (χ1v) is 10.8. The summed E-state index contributed by atoms with van der Waals surface area (Å²) in [6, 6.07) is 19.3. The number of hydrogen-bond acceptors (Lipinski definition) is 3. The van der Waals surface area contributed by atoms with E-state index < -0.39 is 21.7 Å². The minimum Gasteiger partial charge on any atom is -0.337 e. The third-order valence-corrected chi connectivity index (χ3v) is 6.60. The van der Waals surface area contributed by atoms with Crippen molar-refractivity contribution < 1.29 is 17.6 Å². The Kier molecular flexibility index (Phi) is 6.22. The van der Waals surface area contributed by atoms with Gasteiger partial charge in [-0.2, -0.15) is 0 Å². The van der Waals surface area contributed by atoms with Crippen molar-refractivity contribution in [2.45, 2.75) is 18.4 Å². The van der Waals surface area contributed by atoms with Gasteiger partial charge in [0.05, 0.1) is 10.6 Å². The first-order chi connectivity index (χ1) is 14.2. The lowest BCUT2D eigenvalue weighted by atomic mass is 10.1. The van der Waals surface area contributed by atoms with E-state index in [1.807, 2.05) is 13.0 Å². The molecule has 0 N–H and O–H groups in total. The van der Waals surface area contributed by atoms with Crippen LogP contribution < -0.4 is 4.31 Å². The molecule has 0 spiro atoms. The van der Waals surface area contributed by atoms with Gasteiger partial charge < -0.3 is 4.90 Å². The highest BCUT2D eigenvalue weighted by Crippen LogP contribution is 2.24. The van der Waals surface area contributed by atoms with Crippen LogP contribution in [0, 0.1) is 12.7 Å². The van der Waals surface area contributed by atoms with Crippen LogP contribution in [0.4, 0.5) is 10.1 Å². The van der Waals surface area contributed by atoms with Crippen LogP contribution >= 0.6 is 0 Å². The van der Waals surface area contributed by atoms with Crippen LogP contribution in [0.15, 0.2) is 77.7 Å². The van der Waals surface area contributed by atoms with Crippen molar-refractivity contribution in [3.05, 3.63) is 95.3 Å². The van der Waals surface area contributed by atoms with Gasteiger partial charge in [-0.25, -0.2) is 12.8 Å². The number of hydrogen-bond donors (Lipinski definition) is 0. The Hall–Kier alpha value is -3.19. The Balaban J connectivity index is 1.86. The van der Waals surface area contributed by atoms with Crippen molar-refractivity contribution in [1.29, 1.82) is 0 Å². The highest BCUT2D eigenvalue weighted by molar-refractivity contribution is 7.92. The molecule has 156 valence electrons. The molecule has 0 atom stereocenters. The molecule has 1 amide bonds. The minimum atomic E-state index is -3.85. The van der Waals surface area contributed by atoms with E-state index in [2.05, 4.69) is 0 Å². The van der Waals surface area contributed by atoms with Crippen LogP contribution in [0.1, 0.15) is 21.5 Å². The lowest BCUT2D eigenvalue weighted by Crippen LogP contribution is -2.28. The molecule has 3 rings (SSSR count). The Bertz CT molecular complexity index is 1180. The number of nitrogens with zero attached hydrogens (tertiary/aromatic N) is 2. The topological polar surface area (TPSA) is 57.7 Å². The van der Waals surface area contributed by atoms with Crippen LogP contribution in [-0.4, -0.2) is 33.3 Å². The zero-order chi connectivity index (χ0) is 21.9. The van der Waals surface area contributed by atoms with Gasteiger partial charge in [-0.1, -0.05) is 36.4 Å². The summed E-state index contributed by atoms with van der Waals surface area (Å²) in [6.45, 7) is 1.96. The summed E-state index contributed by atoms with van der Waals surface area (Å²) in [5.41, 5.74) is 2.07. The Morgan fingerprint density at radius 2 is 1.63 bits per heavy atom. The summed E-state index contributed by atoms with van der Waals surface area (Å²) in [4.78, 5) is 14.2. The van der Waals surface area contributed by atoms with Gasteiger partial charge in [-0.3, -0.25) is 9.10 Å². The lowest BCUT2D eigenvalue weighted by Gasteiger charge is -2.21. The Morgan fingerprint density at radius 1 is 0.933 bits per heavy atom. The molecule has 0 aliphatic carbocycles. The summed E-state index contributed by atoms with van der Waals surface area (Å²) in [7, 11) is -0.828. The monoisotopic (exact) mass is 426 g/mol. The quantitative estimate of drug-likeness (QED) is 0.593. The molecular weight excluding hydrogens is 403 g/mol. The molecule has 0 bridgehead atoms. The fraction of sp³-hybridized carbons (Fsp3) is 0.174. The van der Waals surface area contributed by atoms with Crippen LogP contribution in [0.25, 0.3) is 0 Å². The largest absolute Gasteiger partial charge is 0.337 e. The SMILES string of the molecule is Cc1cccc(N(C)S(=O)(=O)c2cccc(C(=O)N(C)Cc3ccccc3F)c2)c1. The maximum atomic E-state index is 13.9. The molecule has 0 aliphatic rings. The third-order valence-electron chi connectivity index (χ3n) is 4.82.